The van der Waals surface area contributed by atoms with Gasteiger partial charge in [-0.25, -0.2) is 4.57 Å². The molecule has 0 aromatic carbocycles. The van der Waals surface area contributed by atoms with E-state index in [1.807, 2.05) is 21.1 Å². The van der Waals surface area contributed by atoms with Crippen molar-refractivity contribution in [1.82, 2.24) is 0 Å². The summed E-state index contributed by atoms with van der Waals surface area (Å²) in [4.78, 5) is 22.4. The number of quaternary nitrogens is 1. The molecule has 9 heteroatoms. The fourth-order valence-electron chi connectivity index (χ4n) is 6.87. The molecule has 8 nitrogen and oxygen atoms in total. The van der Waals surface area contributed by atoms with Gasteiger partial charge in [-0.2, -0.15) is 0 Å². The summed E-state index contributed by atoms with van der Waals surface area (Å²) in [7, 11) is 1.66. The highest BCUT2D eigenvalue weighted by molar-refractivity contribution is 7.47. The minimum Gasteiger partial charge on any atom is -0.457 e. The minimum atomic E-state index is -4.30. The van der Waals surface area contributed by atoms with Crippen LogP contribution >= 0.6 is 7.82 Å². The van der Waals surface area contributed by atoms with Crippen LogP contribution in [-0.2, 0) is 27.9 Å². The fourth-order valence-corrected chi connectivity index (χ4v) is 7.59. The molecule has 3 atom stereocenters. The van der Waals surface area contributed by atoms with Gasteiger partial charge in [0, 0.05) is 13.5 Å². The van der Waals surface area contributed by atoms with Gasteiger partial charge in [0.05, 0.1) is 33.9 Å². The third kappa shape index (κ3) is 39.5. The van der Waals surface area contributed by atoms with Crippen molar-refractivity contribution in [2.24, 2.45) is 0 Å². The number of likely N-dealkylation sites (N-methyl/N-ethyl adjacent to an activating group) is 1. The molecule has 0 saturated heterocycles. The number of hydrogen-bond donors (Lipinski definition) is 1. The number of hydrogen-bond acceptors (Lipinski definition) is 6. The van der Waals surface area contributed by atoms with E-state index in [1.165, 1.54) is 174 Å². The van der Waals surface area contributed by atoms with E-state index in [0.29, 0.717) is 17.6 Å². The molecule has 0 aromatic rings. The maximum Gasteiger partial charge on any atom is 0.472 e. The molecule has 0 bridgehead atoms. The van der Waals surface area contributed by atoms with Crippen LogP contribution in [0.4, 0.5) is 0 Å². The molecule has 0 rings (SSSR count). The van der Waals surface area contributed by atoms with Crippen LogP contribution in [0.2, 0.25) is 0 Å². The standard InChI is InChI=1S/C44H90NO7P/c1-7-9-11-13-15-17-19-21-23-24-25-27-29-31-33-35-37-43(44(52-42(3)46)41-51-53(47,48)50-40-38-45(4,5)6)49-39-36-34-32-30-28-26-22-20-18-16-14-12-10-8-2/h43-44H,7-41H2,1-6H3/p+1/t43?,44-/m0/s1. The van der Waals surface area contributed by atoms with Gasteiger partial charge < -0.3 is 18.9 Å². The lowest BCUT2D eigenvalue weighted by Gasteiger charge is -2.28. The number of carbonyl (C=O) groups excluding carboxylic acids is 1. The second kappa shape index (κ2) is 37.1. The average molecular weight is 777 g/mol. The smallest absolute Gasteiger partial charge is 0.457 e. The van der Waals surface area contributed by atoms with Crippen molar-refractivity contribution in [3.63, 3.8) is 0 Å². The molecule has 0 aliphatic heterocycles. The van der Waals surface area contributed by atoms with Gasteiger partial charge in [-0.05, 0) is 12.8 Å². The second-order valence-electron chi connectivity index (χ2n) is 16.9. The molecule has 0 saturated carbocycles. The first-order valence-electron chi connectivity index (χ1n) is 22.7. The van der Waals surface area contributed by atoms with E-state index in [2.05, 4.69) is 13.8 Å². The first-order valence-corrected chi connectivity index (χ1v) is 24.2. The van der Waals surface area contributed by atoms with Crippen molar-refractivity contribution < 1.29 is 37.3 Å². The summed E-state index contributed by atoms with van der Waals surface area (Å²) < 4.78 is 35.8. The fraction of sp³-hybridized carbons (Fsp3) is 0.977. The third-order valence-electron chi connectivity index (χ3n) is 10.3. The molecular weight excluding hydrogens is 685 g/mol. The number of esters is 1. The SMILES string of the molecule is CCCCCCCCCCCCCCCCCCC(OCCCCCCCCCCCCCCCC)[C@H](COP(=O)(O)OCC[N+](C)(C)C)OC(C)=O. The van der Waals surface area contributed by atoms with E-state index >= 15 is 0 Å². The Morgan fingerprint density at radius 1 is 0.528 bits per heavy atom. The van der Waals surface area contributed by atoms with E-state index in [1.54, 1.807) is 0 Å². The lowest BCUT2D eigenvalue weighted by Crippen LogP contribution is -2.38. The second-order valence-corrected chi connectivity index (χ2v) is 18.3. The largest absolute Gasteiger partial charge is 0.472 e. The van der Waals surface area contributed by atoms with E-state index in [4.69, 9.17) is 18.5 Å². The van der Waals surface area contributed by atoms with Crippen molar-refractivity contribution in [1.29, 1.82) is 0 Å². The van der Waals surface area contributed by atoms with Crippen molar-refractivity contribution in [3.05, 3.63) is 0 Å². The molecule has 0 radical (unpaired) electrons. The summed E-state index contributed by atoms with van der Waals surface area (Å²) in [6.07, 6.45) is 38.7. The van der Waals surface area contributed by atoms with Gasteiger partial charge >= 0.3 is 13.8 Å². The third-order valence-corrected chi connectivity index (χ3v) is 11.3. The van der Waals surface area contributed by atoms with Gasteiger partial charge in [-0.3, -0.25) is 13.8 Å². The molecule has 0 fully saturated rings. The highest BCUT2D eigenvalue weighted by Crippen LogP contribution is 2.43. The van der Waals surface area contributed by atoms with Gasteiger partial charge in [0.2, 0.25) is 0 Å². The predicted molar refractivity (Wildman–Crippen MR) is 224 cm³/mol. The molecule has 53 heavy (non-hydrogen) atoms. The highest BCUT2D eigenvalue weighted by atomic mass is 31.2. The Balaban J connectivity index is 4.59. The van der Waals surface area contributed by atoms with Crippen molar-refractivity contribution in [3.8, 4) is 0 Å². The Hall–Kier alpha value is -0.500. The molecular formula is C44H91NO7P+. The Kier molecular flexibility index (Phi) is 36.7. The van der Waals surface area contributed by atoms with Crippen LogP contribution in [0.1, 0.15) is 220 Å². The monoisotopic (exact) mass is 777 g/mol. The summed E-state index contributed by atoms with van der Waals surface area (Å²) >= 11 is 0. The first kappa shape index (κ1) is 52.5. The van der Waals surface area contributed by atoms with Gasteiger partial charge in [-0.1, -0.05) is 200 Å². The van der Waals surface area contributed by atoms with Gasteiger partial charge in [0.25, 0.3) is 0 Å². The maximum absolute atomic E-state index is 12.7. The van der Waals surface area contributed by atoms with E-state index < -0.39 is 26.0 Å². The van der Waals surface area contributed by atoms with Crippen LogP contribution in [0.3, 0.4) is 0 Å². The summed E-state index contributed by atoms with van der Waals surface area (Å²) in [5.74, 6) is -0.450. The number of nitrogens with zero attached hydrogens (tertiary/aromatic N) is 1. The number of carbonyl (C=O) groups is 1. The Morgan fingerprint density at radius 3 is 1.25 bits per heavy atom. The van der Waals surface area contributed by atoms with Crippen molar-refractivity contribution >= 4 is 13.8 Å². The van der Waals surface area contributed by atoms with Crippen molar-refractivity contribution in [2.75, 3.05) is 47.5 Å². The Bertz CT molecular complexity index is 837. The van der Waals surface area contributed by atoms with E-state index in [0.717, 1.165) is 32.1 Å². The summed E-state index contributed by atoms with van der Waals surface area (Å²) in [6.45, 7) is 6.91. The van der Waals surface area contributed by atoms with Crippen LogP contribution in [0.25, 0.3) is 0 Å². The molecule has 318 valence electrons. The van der Waals surface area contributed by atoms with Crippen LogP contribution in [0, 0.1) is 0 Å². The number of phosphoric ester groups is 1. The van der Waals surface area contributed by atoms with Crippen LogP contribution in [0.15, 0.2) is 0 Å². The van der Waals surface area contributed by atoms with Crippen molar-refractivity contribution in [2.45, 2.75) is 232 Å². The van der Waals surface area contributed by atoms with Crippen LogP contribution in [0.5, 0.6) is 0 Å². The summed E-state index contributed by atoms with van der Waals surface area (Å²) in [5, 5.41) is 0. The Morgan fingerprint density at radius 2 is 0.887 bits per heavy atom. The number of ether oxygens (including phenoxy) is 2. The number of rotatable bonds is 42. The van der Waals surface area contributed by atoms with Gasteiger partial charge in [0.1, 0.15) is 13.2 Å². The highest BCUT2D eigenvalue weighted by Gasteiger charge is 2.30. The number of phosphoric acid groups is 1. The normalized spacial score (nSPS) is 14.3. The maximum atomic E-state index is 12.7. The molecule has 0 aromatic heterocycles. The molecule has 0 aliphatic carbocycles. The summed E-state index contributed by atoms with van der Waals surface area (Å²) in [5.41, 5.74) is 0. The van der Waals surface area contributed by atoms with Gasteiger partial charge in [0.15, 0.2) is 6.10 Å². The molecule has 0 spiro atoms. The molecule has 0 amide bonds. The minimum absolute atomic E-state index is 0.0910. The van der Waals surface area contributed by atoms with Crippen LogP contribution in [-0.4, -0.2) is 75.1 Å². The first-order chi connectivity index (χ1) is 25.5. The molecule has 0 aliphatic rings. The quantitative estimate of drug-likeness (QED) is 0.0286. The lowest BCUT2D eigenvalue weighted by atomic mass is 10.0. The average Bonchev–Trinajstić information content (AvgIpc) is 3.10. The van der Waals surface area contributed by atoms with Crippen LogP contribution < -0.4 is 0 Å². The zero-order valence-corrected chi connectivity index (χ0v) is 37.1. The predicted octanol–water partition coefficient (Wildman–Crippen LogP) is 13.3. The summed E-state index contributed by atoms with van der Waals surface area (Å²) in [6, 6.07) is 0. The number of unbranched alkanes of at least 4 members (excludes halogenated alkanes) is 28. The zero-order valence-electron chi connectivity index (χ0n) is 36.2. The zero-order chi connectivity index (χ0) is 39.3. The molecule has 2 unspecified atom stereocenters. The van der Waals surface area contributed by atoms with Gasteiger partial charge in [-0.15, -0.1) is 0 Å². The topological polar surface area (TPSA) is 91.3 Å². The molecule has 0 heterocycles. The lowest BCUT2D eigenvalue weighted by molar-refractivity contribution is -0.870. The van der Waals surface area contributed by atoms with E-state index in [-0.39, 0.29) is 13.2 Å². The Labute approximate surface area is 329 Å². The van der Waals surface area contributed by atoms with E-state index in [9.17, 15) is 14.3 Å². The molecule has 1 N–H and O–H groups in total.